The third-order valence-electron chi connectivity index (χ3n) is 1.49. The highest BCUT2D eigenvalue weighted by Crippen LogP contribution is 2.16. The number of aromatic hydroxyl groups is 1. The summed E-state index contributed by atoms with van der Waals surface area (Å²) in [6.45, 7) is 3.11. The molecule has 1 rings (SSSR count). The molecule has 0 saturated heterocycles. The molecular weight excluding hydrogens is 200 g/mol. The van der Waals surface area contributed by atoms with Gasteiger partial charge in [-0.05, 0) is 12.1 Å². The minimum atomic E-state index is -0.955. The first-order chi connectivity index (χ1) is 7.15. The van der Waals surface area contributed by atoms with Crippen molar-refractivity contribution in [3.8, 4) is 5.75 Å². The number of phenolic OH excluding ortho intramolecular Hbond substituents is 1. The molecule has 0 radical (unpaired) electrons. The molecule has 0 aromatic heterocycles. The lowest BCUT2D eigenvalue weighted by atomic mass is 10.2. The monoisotopic (exact) mass is 208 g/mol. The van der Waals surface area contributed by atoms with Crippen LogP contribution in [0.15, 0.2) is 36.9 Å². The topological polar surface area (TPSA) is 72.8 Å². The van der Waals surface area contributed by atoms with Crippen molar-refractivity contribution in [2.24, 2.45) is 0 Å². The second-order valence-electron chi connectivity index (χ2n) is 2.49. The van der Waals surface area contributed by atoms with E-state index in [1.165, 1.54) is 18.2 Å². The van der Waals surface area contributed by atoms with Crippen LogP contribution in [-0.4, -0.2) is 17.0 Å². The Morgan fingerprint density at radius 1 is 1.27 bits per heavy atom. The Bertz CT molecular complexity index is 397. The van der Waals surface area contributed by atoms with E-state index >= 15 is 0 Å². The van der Waals surface area contributed by atoms with Crippen LogP contribution >= 0.6 is 0 Å². The SMILES string of the molecule is C=CC(=O)OOC(=O)c1ccccc1O. The number of carbonyl (C=O) groups excluding carboxylic acids is 2. The molecule has 1 aromatic rings. The predicted molar refractivity (Wildman–Crippen MR) is 49.8 cm³/mol. The maximum Gasteiger partial charge on any atom is 0.390 e. The average Bonchev–Trinajstić information content (AvgIpc) is 2.26. The number of carbonyl (C=O) groups is 2. The second kappa shape index (κ2) is 4.80. The number of benzene rings is 1. The molecule has 0 amide bonds. The van der Waals surface area contributed by atoms with Gasteiger partial charge < -0.3 is 5.11 Å². The normalized spacial score (nSPS) is 9.07. The van der Waals surface area contributed by atoms with Gasteiger partial charge in [-0.25, -0.2) is 19.4 Å². The Kier molecular flexibility index (Phi) is 3.45. The van der Waals surface area contributed by atoms with Crippen LogP contribution < -0.4 is 0 Å². The van der Waals surface area contributed by atoms with Crippen molar-refractivity contribution < 1.29 is 24.5 Å². The lowest BCUT2D eigenvalue weighted by molar-refractivity contribution is -0.228. The molecule has 0 aliphatic carbocycles. The standard InChI is InChI=1S/C10H8O5/c1-2-9(12)14-15-10(13)7-5-3-4-6-8(7)11/h2-6,11H,1H2. The van der Waals surface area contributed by atoms with E-state index in [2.05, 4.69) is 16.4 Å². The Balaban J connectivity index is 2.66. The van der Waals surface area contributed by atoms with E-state index in [4.69, 9.17) is 0 Å². The maximum atomic E-state index is 11.2. The molecule has 0 unspecified atom stereocenters. The average molecular weight is 208 g/mol. The zero-order chi connectivity index (χ0) is 11.3. The molecule has 78 valence electrons. The highest BCUT2D eigenvalue weighted by Gasteiger charge is 2.14. The Morgan fingerprint density at radius 3 is 2.53 bits per heavy atom. The smallest absolute Gasteiger partial charge is 0.390 e. The van der Waals surface area contributed by atoms with Gasteiger partial charge in [0, 0.05) is 6.08 Å². The molecule has 0 aliphatic rings. The Hall–Kier alpha value is -2.30. The fraction of sp³-hybridized carbons (Fsp3) is 0. The minimum Gasteiger partial charge on any atom is -0.507 e. The second-order valence-corrected chi connectivity index (χ2v) is 2.49. The van der Waals surface area contributed by atoms with Crippen LogP contribution in [-0.2, 0) is 14.6 Å². The first-order valence-corrected chi connectivity index (χ1v) is 3.98. The predicted octanol–water partition coefficient (Wildman–Crippen LogP) is 1.19. The number of hydrogen-bond acceptors (Lipinski definition) is 5. The first kappa shape index (κ1) is 10.8. The van der Waals surface area contributed by atoms with E-state index in [0.29, 0.717) is 0 Å². The Labute approximate surface area is 85.5 Å². The number of para-hydroxylation sites is 1. The van der Waals surface area contributed by atoms with Crippen LogP contribution in [0.2, 0.25) is 0 Å². The minimum absolute atomic E-state index is 0.0886. The van der Waals surface area contributed by atoms with E-state index < -0.39 is 11.9 Å². The van der Waals surface area contributed by atoms with E-state index in [9.17, 15) is 14.7 Å². The van der Waals surface area contributed by atoms with Crippen molar-refractivity contribution in [3.63, 3.8) is 0 Å². The summed E-state index contributed by atoms with van der Waals surface area (Å²) in [5, 5.41) is 9.24. The van der Waals surface area contributed by atoms with Crippen molar-refractivity contribution in [2.75, 3.05) is 0 Å². The summed E-state index contributed by atoms with van der Waals surface area (Å²) < 4.78 is 0. The van der Waals surface area contributed by atoms with Gasteiger partial charge in [0.05, 0.1) is 0 Å². The van der Waals surface area contributed by atoms with Crippen LogP contribution in [0.4, 0.5) is 0 Å². The van der Waals surface area contributed by atoms with E-state index in [1.54, 1.807) is 6.07 Å². The zero-order valence-electron chi connectivity index (χ0n) is 7.67. The van der Waals surface area contributed by atoms with Crippen molar-refractivity contribution >= 4 is 11.9 Å². The molecule has 0 spiro atoms. The summed E-state index contributed by atoms with van der Waals surface area (Å²) >= 11 is 0. The highest BCUT2D eigenvalue weighted by molar-refractivity contribution is 5.92. The molecule has 0 heterocycles. The first-order valence-electron chi connectivity index (χ1n) is 3.98. The molecule has 0 atom stereocenters. The third kappa shape index (κ3) is 2.84. The summed E-state index contributed by atoms with van der Waals surface area (Å²) in [5.41, 5.74) is -0.0886. The third-order valence-corrected chi connectivity index (χ3v) is 1.49. The van der Waals surface area contributed by atoms with Crippen molar-refractivity contribution in [1.82, 2.24) is 0 Å². The van der Waals surface area contributed by atoms with Crippen molar-refractivity contribution in [3.05, 3.63) is 42.5 Å². The summed E-state index contributed by atoms with van der Waals surface area (Å²) in [4.78, 5) is 29.9. The van der Waals surface area contributed by atoms with Gasteiger partial charge in [0.1, 0.15) is 11.3 Å². The molecule has 0 fully saturated rings. The molecule has 1 aromatic carbocycles. The highest BCUT2D eigenvalue weighted by atomic mass is 17.2. The van der Waals surface area contributed by atoms with E-state index in [-0.39, 0.29) is 11.3 Å². The summed E-state index contributed by atoms with van der Waals surface area (Å²) in [6, 6.07) is 5.72. The van der Waals surface area contributed by atoms with Gasteiger partial charge in [-0.2, -0.15) is 0 Å². The van der Waals surface area contributed by atoms with Crippen LogP contribution in [0, 0.1) is 0 Å². The van der Waals surface area contributed by atoms with E-state index in [1.807, 2.05) is 0 Å². The fourth-order valence-corrected chi connectivity index (χ4v) is 0.804. The zero-order valence-corrected chi connectivity index (χ0v) is 7.67. The molecule has 0 bridgehead atoms. The number of rotatable bonds is 2. The van der Waals surface area contributed by atoms with Crippen LogP contribution in [0.5, 0.6) is 5.75 Å². The molecule has 5 nitrogen and oxygen atoms in total. The largest absolute Gasteiger partial charge is 0.507 e. The van der Waals surface area contributed by atoms with Gasteiger partial charge >= 0.3 is 11.9 Å². The quantitative estimate of drug-likeness (QED) is 0.449. The lowest BCUT2D eigenvalue weighted by Crippen LogP contribution is -2.09. The number of phenols is 1. The van der Waals surface area contributed by atoms with Gasteiger partial charge in [0.15, 0.2) is 0 Å². The molecule has 1 N–H and O–H groups in total. The van der Waals surface area contributed by atoms with Crippen molar-refractivity contribution in [2.45, 2.75) is 0 Å². The van der Waals surface area contributed by atoms with Gasteiger partial charge in [0.25, 0.3) is 0 Å². The summed E-state index contributed by atoms with van der Waals surface area (Å²) in [6.07, 6.45) is 0.845. The van der Waals surface area contributed by atoms with Gasteiger partial charge in [0.2, 0.25) is 0 Å². The fourth-order valence-electron chi connectivity index (χ4n) is 0.804. The molecule has 0 saturated carbocycles. The van der Waals surface area contributed by atoms with Gasteiger partial charge in [-0.1, -0.05) is 18.7 Å². The summed E-state index contributed by atoms with van der Waals surface area (Å²) in [5.74, 6) is -2.10. The van der Waals surface area contributed by atoms with Crippen LogP contribution in [0.3, 0.4) is 0 Å². The van der Waals surface area contributed by atoms with Crippen molar-refractivity contribution in [1.29, 1.82) is 0 Å². The van der Waals surface area contributed by atoms with Gasteiger partial charge in [-0.15, -0.1) is 0 Å². The van der Waals surface area contributed by atoms with E-state index in [0.717, 1.165) is 6.08 Å². The molecule has 0 aliphatic heterocycles. The molecule has 5 heteroatoms. The van der Waals surface area contributed by atoms with Crippen LogP contribution in [0.1, 0.15) is 10.4 Å². The molecular formula is C10H8O5. The van der Waals surface area contributed by atoms with Crippen LogP contribution in [0.25, 0.3) is 0 Å². The summed E-state index contributed by atoms with van der Waals surface area (Å²) in [7, 11) is 0. The van der Waals surface area contributed by atoms with Gasteiger partial charge in [-0.3, -0.25) is 0 Å². The number of hydrogen-bond donors (Lipinski definition) is 1. The Morgan fingerprint density at radius 2 is 1.93 bits per heavy atom. The molecule has 15 heavy (non-hydrogen) atoms. The maximum absolute atomic E-state index is 11.2. The lowest BCUT2D eigenvalue weighted by Gasteiger charge is -2.02.